The van der Waals surface area contributed by atoms with Gasteiger partial charge in [0.1, 0.15) is 5.69 Å². The Hall–Kier alpha value is -2.11. The second-order valence-corrected chi connectivity index (χ2v) is 5.18. The topological polar surface area (TPSA) is 89.5 Å². The maximum Gasteiger partial charge on any atom is 0.292 e. The van der Waals surface area contributed by atoms with Gasteiger partial charge in [0.15, 0.2) is 0 Å². The number of nitrogens with zero attached hydrogens (tertiary/aromatic N) is 2. The van der Waals surface area contributed by atoms with Gasteiger partial charge in [0.05, 0.1) is 4.92 Å². The highest BCUT2D eigenvalue weighted by Crippen LogP contribution is 2.32. The summed E-state index contributed by atoms with van der Waals surface area (Å²) >= 11 is 0. The van der Waals surface area contributed by atoms with Crippen LogP contribution in [-0.2, 0) is 4.79 Å². The second-order valence-electron chi connectivity index (χ2n) is 5.18. The van der Waals surface area contributed by atoms with Crippen molar-refractivity contribution >= 4 is 17.3 Å². The quantitative estimate of drug-likeness (QED) is 0.659. The predicted octanol–water partition coefficient (Wildman–Crippen LogP) is 2.08. The number of benzene rings is 1. The number of amides is 1. The van der Waals surface area contributed by atoms with Gasteiger partial charge in [0.2, 0.25) is 5.91 Å². The lowest BCUT2D eigenvalue weighted by Crippen LogP contribution is -2.34. The normalized spacial score (nSPS) is 16.1. The molecule has 1 heterocycles. The number of carbonyl (C=O) groups excluding carboxylic acids is 1. The molecule has 20 heavy (non-hydrogen) atoms. The van der Waals surface area contributed by atoms with E-state index in [1.54, 1.807) is 12.1 Å². The maximum atomic E-state index is 11.0. The summed E-state index contributed by atoms with van der Waals surface area (Å²) in [5.41, 5.74) is 6.00. The summed E-state index contributed by atoms with van der Waals surface area (Å²) in [7, 11) is 0. The van der Waals surface area contributed by atoms with E-state index in [1.165, 1.54) is 6.07 Å². The first kappa shape index (κ1) is 14.3. The van der Waals surface area contributed by atoms with E-state index in [0.717, 1.165) is 32.4 Å². The number of carbonyl (C=O) groups is 1. The Morgan fingerprint density at radius 2 is 2.00 bits per heavy atom. The third-order valence-corrected chi connectivity index (χ3v) is 3.83. The van der Waals surface area contributed by atoms with Gasteiger partial charge in [0, 0.05) is 25.6 Å². The van der Waals surface area contributed by atoms with E-state index in [1.807, 2.05) is 6.07 Å². The Kier molecular flexibility index (Phi) is 4.55. The van der Waals surface area contributed by atoms with Gasteiger partial charge in [-0.05, 0) is 31.2 Å². The summed E-state index contributed by atoms with van der Waals surface area (Å²) in [5, 5.41) is 11.0. The molecule has 0 spiro atoms. The fourth-order valence-electron chi connectivity index (χ4n) is 2.69. The van der Waals surface area contributed by atoms with Crippen molar-refractivity contribution in [2.24, 2.45) is 11.7 Å². The molecule has 2 rings (SSSR count). The molecule has 0 radical (unpaired) electrons. The summed E-state index contributed by atoms with van der Waals surface area (Å²) in [6.07, 6.45) is 3.13. The number of anilines is 1. The van der Waals surface area contributed by atoms with Gasteiger partial charge >= 0.3 is 0 Å². The van der Waals surface area contributed by atoms with Gasteiger partial charge < -0.3 is 10.6 Å². The van der Waals surface area contributed by atoms with Gasteiger partial charge in [-0.15, -0.1) is 0 Å². The lowest BCUT2D eigenvalue weighted by Gasteiger charge is -2.33. The monoisotopic (exact) mass is 277 g/mol. The molecule has 0 aliphatic carbocycles. The Morgan fingerprint density at radius 3 is 2.60 bits per heavy atom. The molecule has 1 aliphatic rings. The minimum Gasteiger partial charge on any atom is -0.370 e. The number of hydrogen-bond donors (Lipinski definition) is 1. The molecule has 0 saturated carbocycles. The van der Waals surface area contributed by atoms with Crippen molar-refractivity contribution in [3.8, 4) is 0 Å². The largest absolute Gasteiger partial charge is 0.370 e. The number of hydrogen-bond acceptors (Lipinski definition) is 4. The third kappa shape index (κ3) is 3.46. The fourth-order valence-corrected chi connectivity index (χ4v) is 2.69. The molecule has 1 saturated heterocycles. The lowest BCUT2D eigenvalue weighted by molar-refractivity contribution is -0.384. The zero-order valence-electron chi connectivity index (χ0n) is 11.3. The molecule has 6 nitrogen and oxygen atoms in total. The molecule has 0 bridgehead atoms. The van der Waals surface area contributed by atoms with Crippen molar-refractivity contribution in [1.29, 1.82) is 0 Å². The van der Waals surface area contributed by atoms with Gasteiger partial charge in [0.25, 0.3) is 5.69 Å². The number of para-hydroxylation sites is 2. The van der Waals surface area contributed by atoms with E-state index in [4.69, 9.17) is 5.73 Å². The maximum absolute atomic E-state index is 11.0. The first-order valence-corrected chi connectivity index (χ1v) is 6.84. The summed E-state index contributed by atoms with van der Waals surface area (Å²) in [6.45, 7) is 1.57. The number of nitro groups is 1. The van der Waals surface area contributed by atoms with Crippen molar-refractivity contribution in [3.63, 3.8) is 0 Å². The summed E-state index contributed by atoms with van der Waals surface area (Å²) in [5.74, 6) is 0.229. The summed E-state index contributed by atoms with van der Waals surface area (Å²) in [6, 6.07) is 6.83. The average Bonchev–Trinajstić information content (AvgIpc) is 2.45. The minimum absolute atomic E-state index is 0.156. The van der Waals surface area contributed by atoms with Crippen molar-refractivity contribution in [2.75, 3.05) is 18.0 Å². The Labute approximate surface area is 117 Å². The van der Waals surface area contributed by atoms with E-state index >= 15 is 0 Å². The number of primary amides is 1. The summed E-state index contributed by atoms with van der Waals surface area (Å²) < 4.78 is 0. The van der Waals surface area contributed by atoms with Crippen molar-refractivity contribution in [2.45, 2.75) is 25.7 Å². The van der Waals surface area contributed by atoms with E-state index in [0.29, 0.717) is 18.0 Å². The number of rotatable bonds is 5. The SMILES string of the molecule is NC(=O)CCC1CCN(c2ccccc2[N+](=O)[O-])CC1. The Bertz CT molecular complexity index is 496. The van der Waals surface area contributed by atoms with Gasteiger partial charge in [-0.2, -0.15) is 0 Å². The molecular formula is C14H19N3O3. The minimum atomic E-state index is -0.339. The smallest absolute Gasteiger partial charge is 0.292 e. The highest BCUT2D eigenvalue weighted by atomic mass is 16.6. The van der Waals surface area contributed by atoms with Crippen LogP contribution in [0.1, 0.15) is 25.7 Å². The fraction of sp³-hybridized carbons (Fsp3) is 0.500. The van der Waals surface area contributed by atoms with Crippen molar-refractivity contribution in [3.05, 3.63) is 34.4 Å². The van der Waals surface area contributed by atoms with Crippen LogP contribution in [0.25, 0.3) is 0 Å². The van der Waals surface area contributed by atoms with Gasteiger partial charge in [-0.1, -0.05) is 12.1 Å². The van der Waals surface area contributed by atoms with E-state index in [2.05, 4.69) is 4.90 Å². The van der Waals surface area contributed by atoms with E-state index in [-0.39, 0.29) is 16.5 Å². The van der Waals surface area contributed by atoms with Crippen LogP contribution in [0.3, 0.4) is 0 Å². The predicted molar refractivity (Wildman–Crippen MR) is 76.5 cm³/mol. The van der Waals surface area contributed by atoms with Crippen LogP contribution in [-0.4, -0.2) is 23.9 Å². The van der Waals surface area contributed by atoms with Crippen LogP contribution >= 0.6 is 0 Å². The van der Waals surface area contributed by atoms with Crippen molar-refractivity contribution < 1.29 is 9.72 Å². The van der Waals surface area contributed by atoms with Crippen LogP contribution in [0.2, 0.25) is 0 Å². The molecule has 0 aromatic heterocycles. The van der Waals surface area contributed by atoms with Crippen LogP contribution in [0.4, 0.5) is 11.4 Å². The molecule has 1 aromatic rings. The second kappa shape index (κ2) is 6.36. The standard InChI is InChI=1S/C14H19N3O3/c15-14(18)6-5-11-7-9-16(10-8-11)12-3-1-2-4-13(12)17(19)20/h1-4,11H,5-10H2,(H2,15,18). The van der Waals surface area contributed by atoms with E-state index < -0.39 is 0 Å². The molecular weight excluding hydrogens is 258 g/mol. The molecule has 1 aromatic carbocycles. The molecule has 108 valence electrons. The van der Waals surface area contributed by atoms with Gasteiger partial charge in [-0.25, -0.2) is 0 Å². The van der Waals surface area contributed by atoms with E-state index in [9.17, 15) is 14.9 Å². The highest BCUT2D eigenvalue weighted by Gasteiger charge is 2.24. The van der Waals surface area contributed by atoms with Crippen LogP contribution in [0, 0.1) is 16.0 Å². The number of nitro benzene ring substituents is 1. The average molecular weight is 277 g/mol. The third-order valence-electron chi connectivity index (χ3n) is 3.83. The lowest BCUT2D eigenvalue weighted by atomic mass is 9.92. The zero-order chi connectivity index (χ0) is 14.5. The molecule has 0 unspecified atom stereocenters. The van der Waals surface area contributed by atoms with Crippen LogP contribution in [0.5, 0.6) is 0 Å². The molecule has 6 heteroatoms. The van der Waals surface area contributed by atoms with Gasteiger partial charge in [-0.3, -0.25) is 14.9 Å². The summed E-state index contributed by atoms with van der Waals surface area (Å²) in [4.78, 5) is 23.5. The first-order valence-electron chi connectivity index (χ1n) is 6.84. The molecule has 2 N–H and O–H groups in total. The first-order chi connectivity index (χ1) is 9.58. The zero-order valence-corrected chi connectivity index (χ0v) is 11.3. The molecule has 0 atom stereocenters. The van der Waals surface area contributed by atoms with Crippen molar-refractivity contribution in [1.82, 2.24) is 0 Å². The molecule has 1 fully saturated rings. The van der Waals surface area contributed by atoms with Crippen LogP contribution in [0.15, 0.2) is 24.3 Å². The Morgan fingerprint density at radius 1 is 1.35 bits per heavy atom. The Balaban J connectivity index is 1.97. The highest BCUT2D eigenvalue weighted by molar-refractivity contribution is 5.73. The number of nitrogens with two attached hydrogens (primary N) is 1. The molecule has 1 aliphatic heterocycles. The number of piperidine rings is 1. The van der Waals surface area contributed by atoms with Crippen LogP contribution < -0.4 is 10.6 Å². The molecule has 1 amide bonds.